The Balaban J connectivity index is 2.00. The molecule has 0 aliphatic carbocycles. The van der Waals surface area contributed by atoms with Crippen LogP contribution in [0.3, 0.4) is 0 Å². The van der Waals surface area contributed by atoms with Gasteiger partial charge in [0.05, 0.1) is 0 Å². The zero-order valence-corrected chi connectivity index (χ0v) is 12.3. The van der Waals surface area contributed by atoms with Gasteiger partial charge in [0.1, 0.15) is 0 Å². The van der Waals surface area contributed by atoms with Crippen LogP contribution >= 0.6 is 0 Å². The number of anilines is 1. The van der Waals surface area contributed by atoms with E-state index in [1.54, 1.807) is 6.92 Å². The van der Waals surface area contributed by atoms with Crippen LogP contribution in [0, 0.1) is 5.92 Å². The van der Waals surface area contributed by atoms with Crippen molar-refractivity contribution in [3.63, 3.8) is 0 Å². The van der Waals surface area contributed by atoms with Crippen molar-refractivity contribution < 1.29 is 9.59 Å². The average molecular weight is 274 g/mol. The number of nitrogens with zero attached hydrogens (tertiary/aromatic N) is 1. The predicted molar refractivity (Wildman–Crippen MR) is 79.7 cm³/mol. The van der Waals surface area contributed by atoms with E-state index >= 15 is 0 Å². The van der Waals surface area contributed by atoms with E-state index in [0.717, 1.165) is 12.1 Å². The fraction of sp³-hybridized carbons (Fsp3) is 0.500. The SMILES string of the molecule is CC(=O)N1CC(CCNC(=O)C(C)C)c2ccccc21. The lowest BCUT2D eigenvalue weighted by Gasteiger charge is -2.15. The van der Waals surface area contributed by atoms with Crippen LogP contribution in [0.4, 0.5) is 5.69 Å². The second-order valence-electron chi connectivity index (χ2n) is 5.62. The minimum Gasteiger partial charge on any atom is -0.356 e. The lowest BCUT2D eigenvalue weighted by molar-refractivity contribution is -0.124. The van der Waals surface area contributed by atoms with E-state index in [1.165, 1.54) is 5.56 Å². The number of rotatable bonds is 4. The summed E-state index contributed by atoms with van der Waals surface area (Å²) in [6, 6.07) is 8.02. The summed E-state index contributed by atoms with van der Waals surface area (Å²) in [5, 5.41) is 2.94. The van der Waals surface area contributed by atoms with Gasteiger partial charge in [-0.05, 0) is 18.1 Å². The van der Waals surface area contributed by atoms with E-state index in [0.29, 0.717) is 19.0 Å². The summed E-state index contributed by atoms with van der Waals surface area (Å²) < 4.78 is 0. The minimum atomic E-state index is 0.0135. The van der Waals surface area contributed by atoms with E-state index in [9.17, 15) is 9.59 Å². The Morgan fingerprint density at radius 3 is 2.70 bits per heavy atom. The number of hydrogen-bond acceptors (Lipinski definition) is 2. The molecule has 1 atom stereocenters. The highest BCUT2D eigenvalue weighted by molar-refractivity contribution is 5.94. The van der Waals surface area contributed by atoms with Crippen LogP contribution in [0.1, 0.15) is 38.7 Å². The van der Waals surface area contributed by atoms with Gasteiger partial charge in [0.25, 0.3) is 0 Å². The van der Waals surface area contributed by atoms with E-state index in [2.05, 4.69) is 11.4 Å². The summed E-state index contributed by atoms with van der Waals surface area (Å²) in [5.41, 5.74) is 2.22. The molecule has 0 spiro atoms. The van der Waals surface area contributed by atoms with Crippen molar-refractivity contribution in [2.75, 3.05) is 18.0 Å². The van der Waals surface area contributed by atoms with Gasteiger partial charge in [-0.1, -0.05) is 32.0 Å². The standard InChI is InChI=1S/C16H22N2O2/c1-11(2)16(20)17-9-8-13-10-18(12(3)19)15-7-5-4-6-14(13)15/h4-7,11,13H,8-10H2,1-3H3,(H,17,20). The van der Waals surface area contributed by atoms with E-state index in [-0.39, 0.29) is 17.7 Å². The van der Waals surface area contributed by atoms with Crippen LogP contribution in [-0.2, 0) is 9.59 Å². The number of benzene rings is 1. The van der Waals surface area contributed by atoms with Gasteiger partial charge >= 0.3 is 0 Å². The average Bonchev–Trinajstić information content (AvgIpc) is 2.78. The third kappa shape index (κ3) is 3.00. The number of carbonyl (C=O) groups excluding carboxylic acids is 2. The topological polar surface area (TPSA) is 49.4 Å². The van der Waals surface area contributed by atoms with Crippen molar-refractivity contribution in [3.8, 4) is 0 Å². The van der Waals surface area contributed by atoms with Gasteiger partial charge in [0, 0.05) is 37.5 Å². The quantitative estimate of drug-likeness (QED) is 0.916. The van der Waals surface area contributed by atoms with E-state index < -0.39 is 0 Å². The minimum absolute atomic E-state index is 0.0135. The zero-order valence-electron chi connectivity index (χ0n) is 12.3. The Morgan fingerprint density at radius 1 is 1.35 bits per heavy atom. The molecule has 2 rings (SSSR count). The Kier molecular flexibility index (Phi) is 4.42. The first kappa shape index (κ1) is 14.6. The fourth-order valence-electron chi connectivity index (χ4n) is 2.61. The summed E-state index contributed by atoms with van der Waals surface area (Å²) in [7, 11) is 0. The number of para-hydroxylation sites is 1. The summed E-state index contributed by atoms with van der Waals surface area (Å²) in [6.45, 7) is 6.74. The van der Waals surface area contributed by atoms with Gasteiger partial charge in [-0.15, -0.1) is 0 Å². The highest BCUT2D eigenvalue weighted by atomic mass is 16.2. The molecule has 0 saturated carbocycles. The molecular weight excluding hydrogens is 252 g/mol. The molecule has 108 valence electrons. The molecule has 0 fully saturated rings. The number of nitrogens with one attached hydrogen (secondary N) is 1. The van der Waals surface area contributed by atoms with Crippen molar-refractivity contribution >= 4 is 17.5 Å². The Hall–Kier alpha value is -1.84. The van der Waals surface area contributed by atoms with Crippen molar-refractivity contribution in [3.05, 3.63) is 29.8 Å². The maximum absolute atomic E-state index is 11.7. The molecule has 1 heterocycles. The maximum Gasteiger partial charge on any atom is 0.223 e. The molecule has 20 heavy (non-hydrogen) atoms. The lowest BCUT2D eigenvalue weighted by Crippen LogP contribution is -2.31. The number of fused-ring (bicyclic) bond motifs is 1. The van der Waals surface area contributed by atoms with Gasteiger partial charge in [0.15, 0.2) is 0 Å². The van der Waals surface area contributed by atoms with Crippen LogP contribution in [-0.4, -0.2) is 24.9 Å². The van der Waals surface area contributed by atoms with Crippen LogP contribution in [0.2, 0.25) is 0 Å². The van der Waals surface area contributed by atoms with Crippen LogP contribution in [0.25, 0.3) is 0 Å². The summed E-state index contributed by atoms with van der Waals surface area (Å²) in [5.74, 6) is 0.480. The molecule has 0 radical (unpaired) electrons. The first-order valence-corrected chi connectivity index (χ1v) is 7.15. The van der Waals surface area contributed by atoms with Gasteiger partial charge < -0.3 is 10.2 Å². The van der Waals surface area contributed by atoms with Crippen molar-refractivity contribution in [1.82, 2.24) is 5.32 Å². The van der Waals surface area contributed by atoms with Gasteiger partial charge in [-0.3, -0.25) is 9.59 Å². The molecular formula is C16H22N2O2. The second-order valence-corrected chi connectivity index (χ2v) is 5.62. The summed E-state index contributed by atoms with van der Waals surface area (Å²) in [6.07, 6.45) is 0.860. The molecule has 0 bridgehead atoms. The van der Waals surface area contributed by atoms with Crippen molar-refractivity contribution in [2.45, 2.75) is 33.1 Å². The molecule has 1 aliphatic rings. The maximum atomic E-state index is 11.7. The largest absolute Gasteiger partial charge is 0.356 e. The zero-order chi connectivity index (χ0) is 14.7. The molecule has 4 heteroatoms. The molecule has 1 aliphatic heterocycles. The number of carbonyl (C=O) groups is 2. The fourth-order valence-corrected chi connectivity index (χ4v) is 2.61. The molecule has 0 aromatic heterocycles. The first-order valence-electron chi connectivity index (χ1n) is 7.15. The van der Waals surface area contributed by atoms with Gasteiger partial charge in [-0.2, -0.15) is 0 Å². The Bertz CT molecular complexity index is 511. The third-order valence-corrected chi connectivity index (χ3v) is 3.77. The molecule has 1 N–H and O–H groups in total. The number of hydrogen-bond donors (Lipinski definition) is 1. The lowest BCUT2D eigenvalue weighted by atomic mass is 9.98. The summed E-state index contributed by atoms with van der Waals surface area (Å²) in [4.78, 5) is 25.1. The number of amides is 2. The molecule has 1 unspecified atom stereocenters. The molecule has 4 nitrogen and oxygen atoms in total. The first-order chi connectivity index (χ1) is 9.50. The van der Waals surface area contributed by atoms with Crippen LogP contribution < -0.4 is 10.2 Å². The third-order valence-electron chi connectivity index (χ3n) is 3.77. The highest BCUT2D eigenvalue weighted by Gasteiger charge is 2.30. The molecule has 1 aromatic rings. The highest BCUT2D eigenvalue weighted by Crippen LogP contribution is 2.37. The van der Waals surface area contributed by atoms with E-state index in [1.807, 2.05) is 36.9 Å². The smallest absolute Gasteiger partial charge is 0.223 e. The van der Waals surface area contributed by atoms with Gasteiger partial charge in [-0.25, -0.2) is 0 Å². The molecule has 0 saturated heterocycles. The van der Waals surface area contributed by atoms with E-state index in [4.69, 9.17) is 0 Å². The van der Waals surface area contributed by atoms with Gasteiger partial charge in [0.2, 0.25) is 11.8 Å². The predicted octanol–water partition coefficient (Wildman–Crippen LogP) is 2.30. The van der Waals surface area contributed by atoms with Crippen LogP contribution in [0.5, 0.6) is 0 Å². The Labute approximate surface area is 120 Å². The monoisotopic (exact) mass is 274 g/mol. The molecule has 1 aromatic carbocycles. The second kappa shape index (κ2) is 6.07. The Morgan fingerprint density at radius 2 is 2.05 bits per heavy atom. The van der Waals surface area contributed by atoms with Crippen molar-refractivity contribution in [2.24, 2.45) is 5.92 Å². The normalized spacial score (nSPS) is 17.2. The molecule has 2 amide bonds. The summed E-state index contributed by atoms with van der Waals surface area (Å²) >= 11 is 0. The van der Waals surface area contributed by atoms with Crippen molar-refractivity contribution in [1.29, 1.82) is 0 Å². The van der Waals surface area contributed by atoms with Crippen LogP contribution in [0.15, 0.2) is 24.3 Å².